The number of hydrogen-bond acceptors (Lipinski definition) is 5. The second-order valence-electron chi connectivity index (χ2n) is 3.57. The number of rotatable bonds is 3. The Bertz CT molecular complexity index is 529. The fourth-order valence-electron chi connectivity index (χ4n) is 1.41. The van der Waals surface area contributed by atoms with Gasteiger partial charge in [0.15, 0.2) is 6.10 Å². The van der Waals surface area contributed by atoms with Crippen LogP contribution in [0.3, 0.4) is 0 Å². The summed E-state index contributed by atoms with van der Waals surface area (Å²) in [6, 6.07) is 10.5. The average Bonchev–Trinajstić information content (AvgIpc) is 2.70. The van der Waals surface area contributed by atoms with Crippen LogP contribution in [-0.2, 0) is 4.79 Å². The number of carbonyl (C=O) groups is 1. The van der Waals surface area contributed by atoms with Crippen LogP contribution >= 0.6 is 0 Å². The lowest BCUT2D eigenvalue weighted by Gasteiger charge is -2.11. The highest BCUT2D eigenvalue weighted by molar-refractivity contribution is 5.76. The predicted molar refractivity (Wildman–Crippen MR) is 60.8 cm³/mol. The van der Waals surface area contributed by atoms with E-state index < -0.39 is 23.8 Å². The molecular weight excluding hydrogens is 238 g/mol. The van der Waals surface area contributed by atoms with Crippen molar-refractivity contribution in [2.24, 2.45) is 0 Å². The summed E-state index contributed by atoms with van der Waals surface area (Å²) in [4.78, 5) is 16.3. The van der Waals surface area contributed by atoms with Crippen LogP contribution in [0.4, 0.5) is 0 Å². The molecule has 1 atom stereocenters. The van der Waals surface area contributed by atoms with Gasteiger partial charge >= 0.3 is 5.97 Å². The van der Waals surface area contributed by atoms with Gasteiger partial charge in [-0.05, 0) is 5.56 Å². The molecule has 18 heavy (non-hydrogen) atoms. The highest BCUT2D eigenvalue weighted by atomic mass is 16.7. The van der Waals surface area contributed by atoms with Gasteiger partial charge in [0.05, 0.1) is 0 Å². The second-order valence-corrected chi connectivity index (χ2v) is 3.57. The van der Waals surface area contributed by atoms with Gasteiger partial charge in [-0.25, -0.2) is 4.79 Å². The van der Waals surface area contributed by atoms with E-state index in [-0.39, 0.29) is 0 Å². The van der Waals surface area contributed by atoms with Crippen LogP contribution in [0.1, 0.15) is 11.7 Å². The molecule has 0 saturated carbocycles. The van der Waals surface area contributed by atoms with Crippen molar-refractivity contribution in [2.75, 3.05) is 0 Å². The zero-order valence-electron chi connectivity index (χ0n) is 9.22. The summed E-state index contributed by atoms with van der Waals surface area (Å²) in [5, 5.41) is 28.3. The molecule has 2 aromatic rings. The SMILES string of the molecule is O=C(On1c(O)ccc1O)[C@@H](O)c1ccccc1. The summed E-state index contributed by atoms with van der Waals surface area (Å²) in [6.45, 7) is 0. The van der Waals surface area contributed by atoms with Gasteiger partial charge in [-0.15, -0.1) is 4.73 Å². The van der Waals surface area contributed by atoms with E-state index in [4.69, 9.17) is 0 Å². The average molecular weight is 249 g/mol. The summed E-state index contributed by atoms with van der Waals surface area (Å²) in [5.41, 5.74) is 0.355. The quantitative estimate of drug-likeness (QED) is 0.740. The molecule has 0 saturated heterocycles. The van der Waals surface area contributed by atoms with Gasteiger partial charge in [-0.2, -0.15) is 0 Å². The maximum Gasteiger partial charge on any atom is 0.365 e. The lowest BCUT2D eigenvalue weighted by atomic mass is 10.1. The topological polar surface area (TPSA) is 91.9 Å². The zero-order valence-corrected chi connectivity index (χ0v) is 9.22. The van der Waals surface area contributed by atoms with E-state index in [1.807, 2.05) is 0 Å². The highest BCUT2D eigenvalue weighted by Gasteiger charge is 2.21. The molecule has 1 aromatic heterocycles. The molecule has 0 unspecified atom stereocenters. The first-order valence-corrected chi connectivity index (χ1v) is 5.14. The van der Waals surface area contributed by atoms with Crippen LogP contribution in [0.15, 0.2) is 42.5 Å². The first kappa shape index (κ1) is 12.0. The molecule has 94 valence electrons. The first-order valence-electron chi connectivity index (χ1n) is 5.14. The summed E-state index contributed by atoms with van der Waals surface area (Å²) in [7, 11) is 0. The largest absolute Gasteiger partial charge is 0.492 e. The van der Waals surface area contributed by atoms with Gasteiger partial charge in [0.1, 0.15) is 0 Å². The third kappa shape index (κ3) is 2.28. The molecule has 0 fully saturated rings. The summed E-state index contributed by atoms with van der Waals surface area (Å²) in [5.74, 6) is -1.90. The van der Waals surface area contributed by atoms with Crippen LogP contribution in [0.25, 0.3) is 0 Å². The Kier molecular flexibility index (Phi) is 3.20. The van der Waals surface area contributed by atoms with Crippen LogP contribution in [0, 0.1) is 0 Å². The van der Waals surface area contributed by atoms with Crippen molar-refractivity contribution in [1.82, 2.24) is 4.73 Å². The van der Waals surface area contributed by atoms with Crippen molar-refractivity contribution < 1.29 is 25.0 Å². The van der Waals surface area contributed by atoms with Gasteiger partial charge in [0.2, 0.25) is 11.8 Å². The Morgan fingerprint density at radius 1 is 1.06 bits per heavy atom. The molecule has 3 N–H and O–H groups in total. The fraction of sp³-hybridized carbons (Fsp3) is 0.0833. The van der Waals surface area contributed by atoms with E-state index >= 15 is 0 Å². The second kappa shape index (κ2) is 4.80. The van der Waals surface area contributed by atoms with Crippen molar-refractivity contribution in [3.63, 3.8) is 0 Å². The monoisotopic (exact) mass is 249 g/mol. The molecule has 6 nitrogen and oxygen atoms in total. The molecule has 1 heterocycles. The molecule has 0 bridgehead atoms. The lowest BCUT2D eigenvalue weighted by molar-refractivity contribution is -0.155. The molecule has 0 amide bonds. The molecule has 0 spiro atoms. The molecule has 2 rings (SSSR count). The van der Waals surface area contributed by atoms with Gasteiger partial charge < -0.3 is 20.2 Å². The minimum atomic E-state index is -1.49. The van der Waals surface area contributed by atoms with E-state index in [2.05, 4.69) is 4.84 Å². The molecule has 6 heteroatoms. The maximum atomic E-state index is 11.6. The third-order valence-corrected chi connectivity index (χ3v) is 2.32. The Morgan fingerprint density at radius 3 is 2.17 bits per heavy atom. The van der Waals surface area contributed by atoms with Crippen molar-refractivity contribution in [3.05, 3.63) is 48.0 Å². The summed E-state index contributed by atoms with van der Waals surface area (Å²) < 4.78 is 0.522. The molecule has 0 aliphatic heterocycles. The lowest BCUT2D eigenvalue weighted by Crippen LogP contribution is -2.25. The van der Waals surface area contributed by atoms with Gasteiger partial charge in [0.25, 0.3) is 0 Å². The zero-order chi connectivity index (χ0) is 13.1. The Labute approximate surface area is 102 Å². The minimum Gasteiger partial charge on any atom is -0.492 e. The minimum absolute atomic E-state index is 0.355. The van der Waals surface area contributed by atoms with E-state index in [1.54, 1.807) is 30.3 Å². The predicted octanol–water partition coefficient (Wildman–Crippen LogP) is 0.588. The Morgan fingerprint density at radius 2 is 1.61 bits per heavy atom. The number of nitrogens with zero attached hydrogens (tertiary/aromatic N) is 1. The number of benzene rings is 1. The molecule has 0 aliphatic carbocycles. The summed E-state index contributed by atoms with van der Waals surface area (Å²) in [6.07, 6.45) is -1.49. The number of aromatic nitrogens is 1. The van der Waals surface area contributed by atoms with Crippen LogP contribution in [0.5, 0.6) is 11.8 Å². The standard InChI is InChI=1S/C12H11NO5/c14-9-6-7-10(15)13(9)18-12(17)11(16)8-4-2-1-3-5-8/h1-7,11,14-16H/t11-/m0/s1. The number of aliphatic hydroxyl groups is 1. The smallest absolute Gasteiger partial charge is 0.365 e. The van der Waals surface area contributed by atoms with Gasteiger partial charge in [0, 0.05) is 12.1 Å². The molecular formula is C12H11NO5. The van der Waals surface area contributed by atoms with E-state index in [0.717, 1.165) is 12.1 Å². The molecule has 0 aliphatic rings. The number of aromatic hydroxyl groups is 2. The van der Waals surface area contributed by atoms with Crippen molar-refractivity contribution >= 4 is 5.97 Å². The van der Waals surface area contributed by atoms with Gasteiger partial charge in [-0.3, -0.25) is 0 Å². The van der Waals surface area contributed by atoms with E-state index in [1.165, 1.54) is 0 Å². The van der Waals surface area contributed by atoms with Crippen molar-refractivity contribution in [2.45, 2.75) is 6.10 Å². The highest BCUT2D eigenvalue weighted by Crippen LogP contribution is 2.20. The molecule has 0 radical (unpaired) electrons. The molecule has 1 aromatic carbocycles. The number of aliphatic hydroxyl groups excluding tert-OH is 1. The number of carbonyl (C=O) groups excluding carboxylic acids is 1. The normalized spacial score (nSPS) is 12.1. The van der Waals surface area contributed by atoms with Crippen LogP contribution < -0.4 is 4.84 Å². The van der Waals surface area contributed by atoms with Crippen LogP contribution in [0.2, 0.25) is 0 Å². The van der Waals surface area contributed by atoms with E-state index in [9.17, 15) is 20.1 Å². The maximum absolute atomic E-state index is 11.6. The third-order valence-electron chi connectivity index (χ3n) is 2.32. The summed E-state index contributed by atoms with van der Waals surface area (Å²) >= 11 is 0. The van der Waals surface area contributed by atoms with Gasteiger partial charge in [-0.1, -0.05) is 30.3 Å². The Balaban J connectivity index is 2.14. The Hall–Kier alpha value is -2.47. The first-order chi connectivity index (χ1) is 8.59. The van der Waals surface area contributed by atoms with Crippen molar-refractivity contribution in [3.8, 4) is 11.8 Å². The van der Waals surface area contributed by atoms with Crippen molar-refractivity contribution in [1.29, 1.82) is 0 Å². The fourth-order valence-corrected chi connectivity index (χ4v) is 1.41. The van der Waals surface area contributed by atoms with Crippen LogP contribution in [-0.4, -0.2) is 26.0 Å². The number of hydrogen-bond donors (Lipinski definition) is 3. The van der Waals surface area contributed by atoms with E-state index in [0.29, 0.717) is 10.3 Å².